The number of methoxy groups -OCH3 is 3. The fourth-order valence-corrected chi connectivity index (χ4v) is 4.10. The molecule has 6 nitrogen and oxygen atoms in total. The molecule has 0 spiro atoms. The van der Waals surface area contributed by atoms with Gasteiger partial charge in [-0.1, -0.05) is 36.4 Å². The van der Waals surface area contributed by atoms with Gasteiger partial charge in [-0.15, -0.1) is 3.96 Å². The number of rotatable bonds is 7. The highest BCUT2D eigenvalue weighted by Gasteiger charge is 2.29. The molecule has 0 saturated heterocycles. The van der Waals surface area contributed by atoms with Gasteiger partial charge in [0.1, 0.15) is 28.6 Å². The third-order valence-corrected chi connectivity index (χ3v) is 5.50. The van der Waals surface area contributed by atoms with E-state index in [1.54, 1.807) is 21.3 Å². The Labute approximate surface area is 179 Å². The number of para-hydroxylation sites is 5. The highest BCUT2D eigenvalue weighted by atomic mass is 32.1. The van der Waals surface area contributed by atoms with Gasteiger partial charge in [-0.25, -0.2) is 0 Å². The van der Waals surface area contributed by atoms with Crippen LogP contribution >= 0.6 is 11.5 Å². The molecule has 1 N–H and O–H groups in total. The molecule has 4 rings (SSSR count). The van der Waals surface area contributed by atoms with E-state index in [0.717, 1.165) is 40.0 Å². The Hall–Kier alpha value is -3.58. The van der Waals surface area contributed by atoms with Gasteiger partial charge in [0.15, 0.2) is 11.4 Å². The van der Waals surface area contributed by atoms with E-state index in [1.165, 1.54) is 11.5 Å². The third kappa shape index (κ3) is 3.79. The molecule has 152 valence electrons. The Morgan fingerprint density at radius 2 is 1.33 bits per heavy atom. The molecule has 0 aliphatic carbocycles. The molecule has 0 saturated carbocycles. The van der Waals surface area contributed by atoms with Crippen LogP contribution in [0.15, 0.2) is 72.8 Å². The zero-order valence-electron chi connectivity index (χ0n) is 17.0. The number of nitrogens with zero attached hydrogens (tertiary/aromatic N) is 2. The standard InChI is InChI=1S/C23H21N3O3S/c1-27-19-13-7-4-10-16(19)22-25-23(24-17-11-5-8-14-20(17)28-2)30-26(22)18-12-6-9-15-21(18)29-3/h4-15H,1-3H3/p+1. The Balaban J connectivity index is 1.87. The molecule has 0 atom stereocenters. The van der Waals surface area contributed by atoms with Crippen LogP contribution in [-0.2, 0) is 0 Å². The highest BCUT2D eigenvalue weighted by molar-refractivity contribution is 7.06. The quantitative estimate of drug-likeness (QED) is 0.433. The van der Waals surface area contributed by atoms with Crippen LogP contribution in [0.4, 0.5) is 10.8 Å². The molecule has 4 aromatic rings. The second-order valence-electron chi connectivity index (χ2n) is 6.32. The van der Waals surface area contributed by atoms with Gasteiger partial charge in [0.05, 0.1) is 27.0 Å². The summed E-state index contributed by atoms with van der Waals surface area (Å²) < 4.78 is 18.7. The van der Waals surface area contributed by atoms with Gasteiger partial charge >= 0.3 is 11.0 Å². The van der Waals surface area contributed by atoms with Crippen molar-refractivity contribution in [2.75, 3.05) is 26.6 Å². The molecule has 0 aliphatic rings. The minimum Gasteiger partial charge on any atom is -0.496 e. The predicted octanol–water partition coefficient (Wildman–Crippen LogP) is 4.86. The lowest BCUT2D eigenvalue weighted by Crippen LogP contribution is -2.28. The fraction of sp³-hybridized carbons (Fsp3) is 0.130. The molecule has 0 radical (unpaired) electrons. The molecular formula is C23H22N3O3S+. The van der Waals surface area contributed by atoms with Gasteiger partial charge in [-0.05, 0) is 41.4 Å². The first-order chi connectivity index (χ1) is 14.7. The van der Waals surface area contributed by atoms with Gasteiger partial charge in [0, 0.05) is 0 Å². The van der Waals surface area contributed by atoms with Crippen LogP contribution in [0.25, 0.3) is 17.1 Å². The molecule has 0 aliphatic heterocycles. The minimum atomic E-state index is 0.714. The maximum absolute atomic E-state index is 5.60. The number of nitrogens with one attached hydrogen (secondary N) is 1. The highest BCUT2D eigenvalue weighted by Crippen LogP contribution is 2.33. The van der Waals surface area contributed by atoms with Crippen LogP contribution < -0.4 is 23.5 Å². The SMILES string of the molecule is COc1ccccc1Nc1nc(-c2ccccc2OC)[n+](-c2ccccc2OC)s1. The summed E-state index contributed by atoms with van der Waals surface area (Å²) in [5.74, 6) is 3.00. The first-order valence-corrected chi connectivity index (χ1v) is 10.1. The summed E-state index contributed by atoms with van der Waals surface area (Å²) in [6.07, 6.45) is 0. The summed E-state index contributed by atoms with van der Waals surface area (Å²) in [6.45, 7) is 0. The summed E-state index contributed by atoms with van der Waals surface area (Å²) in [4.78, 5) is 4.89. The van der Waals surface area contributed by atoms with E-state index in [0.29, 0.717) is 5.13 Å². The maximum Gasteiger partial charge on any atom is 0.354 e. The van der Waals surface area contributed by atoms with Crippen molar-refractivity contribution in [3.63, 3.8) is 0 Å². The predicted molar refractivity (Wildman–Crippen MR) is 118 cm³/mol. The first-order valence-electron chi connectivity index (χ1n) is 9.35. The molecule has 7 heteroatoms. The molecule has 1 aromatic heterocycles. The number of ether oxygens (including phenoxy) is 3. The topological polar surface area (TPSA) is 56.5 Å². The summed E-state index contributed by atoms with van der Waals surface area (Å²) in [6, 6.07) is 23.4. The second-order valence-corrected chi connectivity index (χ2v) is 7.26. The molecule has 3 aromatic carbocycles. The van der Waals surface area contributed by atoms with Crippen molar-refractivity contribution in [2.45, 2.75) is 0 Å². The summed E-state index contributed by atoms with van der Waals surface area (Å²) in [5.41, 5.74) is 2.62. The second kappa shape index (κ2) is 8.84. The van der Waals surface area contributed by atoms with Crippen LogP contribution in [0.2, 0.25) is 0 Å². The van der Waals surface area contributed by atoms with Crippen molar-refractivity contribution in [1.82, 2.24) is 4.98 Å². The van der Waals surface area contributed by atoms with E-state index in [2.05, 4.69) is 5.32 Å². The van der Waals surface area contributed by atoms with Crippen molar-refractivity contribution in [3.8, 4) is 34.3 Å². The van der Waals surface area contributed by atoms with Gasteiger partial charge in [-0.3, -0.25) is 0 Å². The lowest BCUT2D eigenvalue weighted by molar-refractivity contribution is -0.510. The Morgan fingerprint density at radius 3 is 2.07 bits per heavy atom. The monoisotopic (exact) mass is 420 g/mol. The molecule has 0 amide bonds. The molecule has 1 heterocycles. The number of anilines is 2. The third-order valence-electron chi connectivity index (χ3n) is 4.58. The van der Waals surface area contributed by atoms with Crippen molar-refractivity contribution < 1.29 is 18.2 Å². The van der Waals surface area contributed by atoms with Crippen LogP contribution in [0.3, 0.4) is 0 Å². The Kier molecular flexibility index (Phi) is 5.81. The smallest absolute Gasteiger partial charge is 0.354 e. The number of aromatic nitrogens is 2. The van der Waals surface area contributed by atoms with Crippen LogP contribution in [-0.4, -0.2) is 26.3 Å². The molecule has 0 fully saturated rings. The Morgan fingerprint density at radius 1 is 0.733 bits per heavy atom. The fourth-order valence-electron chi connectivity index (χ4n) is 3.17. The van der Waals surface area contributed by atoms with Gasteiger partial charge < -0.3 is 19.5 Å². The Bertz CT molecular complexity index is 1090. The van der Waals surface area contributed by atoms with Gasteiger partial charge in [-0.2, -0.15) is 0 Å². The van der Waals surface area contributed by atoms with Crippen LogP contribution in [0, 0.1) is 0 Å². The van der Waals surface area contributed by atoms with E-state index in [1.807, 2.05) is 76.8 Å². The van der Waals surface area contributed by atoms with Crippen LogP contribution in [0.1, 0.15) is 0 Å². The summed E-state index contributed by atoms with van der Waals surface area (Å²) in [5, 5.41) is 4.09. The lowest BCUT2D eigenvalue weighted by Gasteiger charge is -2.06. The molecular weight excluding hydrogens is 398 g/mol. The largest absolute Gasteiger partial charge is 0.496 e. The normalized spacial score (nSPS) is 10.5. The molecule has 0 bridgehead atoms. The number of benzene rings is 3. The minimum absolute atomic E-state index is 0.714. The van der Waals surface area contributed by atoms with Crippen molar-refractivity contribution in [2.24, 2.45) is 0 Å². The van der Waals surface area contributed by atoms with Gasteiger partial charge in [0.2, 0.25) is 0 Å². The summed E-state index contributed by atoms with van der Waals surface area (Å²) in [7, 11) is 4.97. The lowest BCUT2D eigenvalue weighted by atomic mass is 10.2. The van der Waals surface area contributed by atoms with Crippen molar-refractivity contribution in [1.29, 1.82) is 0 Å². The average molecular weight is 421 g/mol. The molecule has 30 heavy (non-hydrogen) atoms. The first kappa shape index (κ1) is 19.7. The van der Waals surface area contributed by atoms with Crippen LogP contribution in [0.5, 0.6) is 17.2 Å². The average Bonchev–Trinajstić information content (AvgIpc) is 3.22. The zero-order valence-corrected chi connectivity index (χ0v) is 17.8. The number of hydrogen-bond acceptors (Lipinski definition) is 6. The van der Waals surface area contributed by atoms with E-state index >= 15 is 0 Å². The maximum atomic E-state index is 5.60. The van der Waals surface area contributed by atoms with E-state index in [-0.39, 0.29) is 0 Å². The zero-order chi connectivity index (χ0) is 20.9. The van der Waals surface area contributed by atoms with Crippen molar-refractivity contribution >= 4 is 22.4 Å². The van der Waals surface area contributed by atoms with Gasteiger partial charge in [0.25, 0.3) is 0 Å². The number of hydrogen-bond donors (Lipinski definition) is 1. The van der Waals surface area contributed by atoms with E-state index < -0.39 is 0 Å². The summed E-state index contributed by atoms with van der Waals surface area (Å²) >= 11 is 1.47. The van der Waals surface area contributed by atoms with E-state index in [4.69, 9.17) is 19.2 Å². The van der Waals surface area contributed by atoms with E-state index in [9.17, 15) is 0 Å². The molecule has 0 unspecified atom stereocenters. The van der Waals surface area contributed by atoms with Crippen molar-refractivity contribution in [3.05, 3.63) is 72.8 Å².